The van der Waals surface area contributed by atoms with E-state index in [1.54, 1.807) is 42.5 Å². The SMILES string of the molecule is [2H]c1c([2H])c([2H])c2c(-c3c4c([2H])c([2H])c([2H])c([2H])c4c(-c4c(-c5ccccc5)oc5c4ccc4c6ccccc6oc45)c4c([2H])c([2H])c([2H])c([2H])c34)c([2H])c([2H])c([2H])c2c1[2H]. The molecule has 8 aromatic carbocycles. The zero-order chi connectivity index (χ0) is 43.2. The molecule has 0 fully saturated rings. The largest absolute Gasteiger partial charge is 0.452 e. The molecule has 2 heteroatoms. The molecule has 2 heterocycles. The number of para-hydroxylation sites is 1. The third-order valence-corrected chi connectivity index (χ3v) is 8.43. The third-order valence-electron chi connectivity index (χ3n) is 8.43. The van der Waals surface area contributed by atoms with E-state index in [4.69, 9.17) is 22.5 Å². The van der Waals surface area contributed by atoms with E-state index in [-0.39, 0.29) is 44.0 Å². The Kier molecular flexibility index (Phi) is 3.11. The first kappa shape index (κ1) is 14.8. The van der Waals surface area contributed by atoms with Gasteiger partial charge in [-0.05, 0) is 61.6 Å². The summed E-state index contributed by atoms with van der Waals surface area (Å²) in [4.78, 5) is 0. The normalized spacial score (nSPS) is 16.5. The Balaban J connectivity index is 1.56. The van der Waals surface area contributed by atoms with Crippen LogP contribution in [-0.4, -0.2) is 0 Å². The van der Waals surface area contributed by atoms with Crippen molar-refractivity contribution in [2.75, 3.05) is 0 Å². The van der Waals surface area contributed by atoms with Crippen LogP contribution >= 0.6 is 0 Å². The Morgan fingerprint density at radius 1 is 0.391 bits per heavy atom. The Morgan fingerprint density at radius 2 is 0.978 bits per heavy atom. The van der Waals surface area contributed by atoms with E-state index < -0.39 is 113 Å². The molecule has 0 amide bonds. The predicted octanol–water partition coefficient (Wildman–Crippen LogP) is 12.8. The molecular formula is C44H26O2. The topological polar surface area (TPSA) is 26.3 Å². The van der Waals surface area contributed by atoms with Crippen LogP contribution in [-0.2, 0) is 0 Å². The van der Waals surface area contributed by atoms with Crippen molar-refractivity contribution in [3.63, 3.8) is 0 Å². The Labute approximate surface area is 285 Å². The molecule has 0 spiro atoms. The summed E-state index contributed by atoms with van der Waals surface area (Å²) in [6, 6.07) is 9.14. The quantitative estimate of drug-likeness (QED) is 0.188. The molecular weight excluding hydrogens is 560 g/mol. The van der Waals surface area contributed by atoms with Gasteiger partial charge in [0.1, 0.15) is 11.3 Å². The van der Waals surface area contributed by atoms with Crippen LogP contribution in [0, 0.1) is 0 Å². The first-order valence-electron chi connectivity index (χ1n) is 22.0. The lowest BCUT2D eigenvalue weighted by molar-refractivity contribution is 0.612. The highest BCUT2D eigenvalue weighted by atomic mass is 16.4. The minimum Gasteiger partial charge on any atom is -0.452 e. The molecule has 0 radical (unpaired) electrons. The summed E-state index contributed by atoms with van der Waals surface area (Å²) in [5, 5.41) is -0.211. The highest BCUT2D eigenvalue weighted by Gasteiger charge is 2.26. The molecule has 2 nitrogen and oxygen atoms in total. The van der Waals surface area contributed by atoms with Crippen LogP contribution in [0.3, 0.4) is 0 Å². The first-order chi connectivity index (χ1) is 29.1. The molecule has 10 aromatic rings. The van der Waals surface area contributed by atoms with E-state index in [1.807, 2.05) is 24.3 Å². The van der Waals surface area contributed by atoms with E-state index >= 15 is 0 Å². The Morgan fingerprint density at radius 3 is 1.74 bits per heavy atom. The van der Waals surface area contributed by atoms with Crippen LogP contribution in [0.15, 0.2) is 166 Å². The van der Waals surface area contributed by atoms with Crippen molar-refractivity contribution in [1.29, 1.82) is 0 Å². The molecule has 0 bridgehead atoms. The summed E-state index contributed by atoms with van der Waals surface area (Å²) in [5.41, 5.74) is 0.937. The molecule has 2 aromatic heterocycles. The number of hydrogen-bond donors (Lipinski definition) is 0. The van der Waals surface area contributed by atoms with Gasteiger partial charge in [-0.1, -0.05) is 139 Å². The van der Waals surface area contributed by atoms with Gasteiger partial charge in [0.05, 0.1) is 20.6 Å². The summed E-state index contributed by atoms with van der Waals surface area (Å²) in [6.07, 6.45) is 0. The van der Waals surface area contributed by atoms with Crippen LogP contribution < -0.4 is 0 Å². The lowest BCUT2D eigenvalue weighted by atomic mass is 9.83. The molecule has 0 saturated carbocycles. The molecule has 10 rings (SSSR count). The highest BCUT2D eigenvalue weighted by molar-refractivity contribution is 6.27. The average Bonchev–Trinajstić information content (AvgIpc) is 3.85. The van der Waals surface area contributed by atoms with E-state index in [1.165, 1.54) is 0 Å². The number of hydrogen-bond acceptors (Lipinski definition) is 2. The highest BCUT2D eigenvalue weighted by Crippen LogP contribution is 2.51. The smallest absolute Gasteiger partial charge is 0.178 e. The fourth-order valence-electron chi connectivity index (χ4n) is 6.50. The Hall–Kier alpha value is -6.12. The fourth-order valence-corrected chi connectivity index (χ4v) is 6.50. The van der Waals surface area contributed by atoms with E-state index in [0.717, 1.165) is 5.39 Å². The van der Waals surface area contributed by atoms with Crippen molar-refractivity contribution in [3.05, 3.63) is 157 Å². The summed E-state index contributed by atoms with van der Waals surface area (Å²) in [6.45, 7) is 0. The molecule has 0 unspecified atom stereocenters. The van der Waals surface area contributed by atoms with Gasteiger partial charge in [-0.3, -0.25) is 0 Å². The summed E-state index contributed by atoms with van der Waals surface area (Å²) >= 11 is 0. The summed E-state index contributed by atoms with van der Waals surface area (Å²) in [5.74, 6) is 0.173. The maximum Gasteiger partial charge on any atom is 0.178 e. The zero-order valence-corrected chi connectivity index (χ0v) is 23.7. The van der Waals surface area contributed by atoms with Gasteiger partial charge in [-0.25, -0.2) is 0 Å². The predicted molar refractivity (Wildman–Crippen MR) is 192 cm³/mol. The van der Waals surface area contributed by atoms with Gasteiger partial charge in [-0.15, -0.1) is 0 Å². The average molecular weight is 602 g/mol. The maximum absolute atomic E-state index is 9.57. The van der Waals surface area contributed by atoms with E-state index in [9.17, 15) is 6.85 Å². The van der Waals surface area contributed by atoms with Gasteiger partial charge in [0.15, 0.2) is 11.2 Å². The second kappa shape index (κ2) is 9.69. The number of rotatable bonds is 3. The molecule has 0 aliphatic heterocycles. The van der Waals surface area contributed by atoms with Gasteiger partial charge in [0.2, 0.25) is 0 Å². The van der Waals surface area contributed by atoms with Crippen molar-refractivity contribution in [2.45, 2.75) is 0 Å². The lowest BCUT2D eigenvalue weighted by Gasteiger charge is -2.19. The minimum atomic E-state index is -0.776. The maximum atomic E-state index is 9.57. The van der Waals surface area contributed by atoms with Crippen LogP contribution in [0.4, 0.5) is 0 Å². The monoisotopic (exact) mass is 601 g/mol. The fraction of sp³-hybridized carbons (Fsp3) is 0. The van der Waals surface area contributed by atoms with Crippen LogP contribution in [0.25, 0.3) is 98.8 Å². The molecule has 0 aliphatic carbocycles. The van der Waals surface area contributed by atoms with Crippen LogP contribution in [0.2, 0.25) is 0 Å². The standard InChI is InChI=1S/C44H26O2/c1-2-14-28(15-3-1)42-41(37-26-25-36-30-18-10-11-24-38(30)45-43(36)44(37)46-42)40-34-21-8-6-19-32(34)39(33-20-7-9-22-35(33)40)31-23-12-16-27-13-4-5-17-29(27)31/h1-26H/i4D,5D,6D,7D,8D,9D,12D,13D,16D,17D,19D,20D,21D,22D,23D. The molecule has 0 saturated heterocycles. The summed E-state index contributed by atoms with van der Waals surface area (Å²) in [7, 11) is 0. The van der Waals surface area contributed by atoms with Crippen molar-refractivity contribution in [3.8, 4) is 33.6 Å². The van der Waals surface area contributed by atoms with Crippen LogP contribution in [0.1, 0.15) is 20.6 Å². The van der Waals surface area contributed by atoms with Gasteiger partial charge in [0, 0.05) is 32.8 Å². The second-order valence-corrected chi connectivity index (χ2v) is 10.8. The van der Waals surface area contributed by atoms with Gasteiger partial charge < -0.3 is 8.83 Å². The lowest BCUT2D eigenvalue weighted by Crippen LogP contribution is -1.92. The van der Waals surface area contributed by atoms with Gasteiger partial charge in [-0.2, -0.15) is 0 Å². The van der Waals surface area contributed by atoms with Gasteiger partial charge >= 0.3 is 0 Å². The number of fused-ring (bicyclic) bond motifs is 8. The number of furan rings is 2. The zero-order valence-electron chi connectivity index (χ0n) is 38.7. The second-order valence-electron chi connectivity index (χ2n) is 10.8. The summed E-state index contributed by atoms with van der Waals surface area (Å²) < 4.78 is 149. The van der Waals surface area contributed by atoms with Crippen molar-refractivity contribution in [2.24, 2.45) is 0 Å². The molecule has 214 valence electrons. The molecule has 0 aliphatic rings. The molecule has 0 N–H and O–H groups in total. The van der Waals surface area contributed by atoms with Crippen molar-refractivity contribution < 1.29 is 29.4 Å². The first-order valence-corrected chi connectivity index (χ1v) is 14.5. The number of benzene rings is 8. The van der Waals surface area contributed by atoms with Gasteiger partial charge in [0.25, 0.3) is 0 Å². The van der Waals surface area contributed by atoms with E-state index in [0.29, 0.717) is 27.5 Å². The third kappa shape index (κ3) is 3.53. The molecule has 46 heavy (non-hydrogen) atoms. The molecule has 0 atom stereocenters. The Bertz CT molecular complexity index is 3560. The van der Waals surface area contributed by atoms with Crippen LogP contribution in [0.5, 0.6) is 0 Å². The van der Waals surface area contributed by atoms with Crippen molar-refractivity contribution >= 4 is 65.2 Å². The van der Waals surface area contributed by atoms with Crippen molar-refractivity contribution in [1.82, 2.24) is 0 Å². The minimum absolute atomic E-state index is 0.0678. The van der Waals surface area contributed by atoms with E-state index in [2.05, 4.69) is 0 Å².